The average Bonchev–Trinajstić information content (AvgIpc) is 2.75. The summed E-state index contributed by atoms with van der Waals surface area (Å²) in [6.07, 6.45) is -0.682. The predicted molar refractivity (Wildman–Crippen MR) is 120 cm³/mol. The molecule has 0 radical (unpaired) electrons. The Morgan fingerprint density at radius 1 is 0.875 bits per heavy atom. The third kappa shape index (κ3) is 7.19. The number of para-hydroxylation sites is 1. The Hall–Kier alpha value is -3.75. The van der Waals surface area contributed by atoms with E-state index in [1.54, 1.807) is 63.2 Å². The van der Waals surface area contributed by atoms with E-state index in [0.29, 0.717) is 22.7 Å². The topological polar surface area (TPSA) is 115 Å². The molecular formula is C23H29N3O6. The van der Waals surface area contributed by atoms with E-state index in [1.165, 1.54) is 14.2 Å². The quantitative estimate of drug-likeness (QED) is 0.578. The molecule has 0 saturated heterocycles. The molecule has 0 aliphatic rings. The minimum atomic E-state index is -0.682. The van der Waals surface area contributed by atoms with Gasteiger partial charge in [-0.2, -0.15) is 0 Å². The smallest absolute Gasteiger partial charge is 0.408 e. The molecule has 0 aliphatic carbocycles. The van der Waals surface area contributed by atoms with Crippen LogP contribution in [0.3, 0.4) is 0 Å². The van der Waals surface area contributed by atoms with Crippen molar-refractivity contribution in [3.63, 3.8) is 0 Å². The number of ether oxygens (including phenoxy) is 3. The summed E-state index contributed by atoms with van der Waals surface area (Å²) in [5.41, 5.74) is 0.812. The highest BCUT2D eigenvalue weighted by Gasteiger charge is 2.19. The lowest BCUT2D eigenvalue weighted by molar-refractivity contribution is -0.115. The fourth-order valence-corrected chi connectivity index (χ4v) is 2.80. The third-order valence-electron chi connectivity index (χ3n) is 4.18. The third-order valence-corrected chi connectivity index (χ3v) is 4.18. The zero-order valence-electron chi connectivity index (χ0n) is 18.9. The predicted octanol–water partition coefficient (Wildman–Crippen LogP) is 3.10. The van der Waals surface area contributed by atoms with E-state index in [-0.39, 0.29) is 24.6 Å². The number of anilines is 1. The zero-order valence-corrected chi connectivity index (χ0v) is 18.9. The van der Waals surface area contributed by atoms with Crippen molar-refractivity contribution < 1.29 is 28.6 Å². The molecule has 0 spiro atoms. The van der Waals surface area contributed by atoms with Gasteiger partial charge in [0.25, 0.3) is 5.91 Å². The van der Waals surface area contributed by atoms with Crippen molar-refractivity contribution in [2.24, 2.45) is 0 Å². The largest absolute Gasteiger partial charge is 0.496 e. The molecule has 32 heavy (non-hydrogen) atoms. The van der Waals surface area contributed by atoms with Crippen LogP contribution in [0.4, 0.5) is 10.5 Å². The lowest BCUT2D eigenvalue weighted by Gasteiger charge is -2.19. The number of carbonyl (C=O) groups excluding carboxylic acids is 3. The van der Waals surface area contributed by atoms with E-state index >= 15 is 0 Å². The van der Waals surface area contributed by atoms with Gasteiger partial charge in [0, 0.05) is 12.2 Å². The summed E-state index contributed by atoms with van der Waals surface area (Å²) in [5, 5.41) is 7.95. The Labute approximate surface area is 187 Å². The minimum Gasteiger partial charge on any atom is -0.496 e. The van der Waals surface area contributed by atoms with E-state index in [4.69, 9.17) is 14.2 Å². The number of methoxy groups -OCH3 is 2. The fourth-order valence-electron chi connectivity index (χ4n) is 2.80. The Kier molecular flexibility index (Phi) is 8.46. The van der Waals surface area contributed by atoms with Gasteiger partial charge in [-0.15, -0.1) is 0 Å². The second-order valence-electron chi connectivity index (χ2n) is 7.78. The summed E-state index contributed by atoms with van der Waals surface area (Å²) in [5.74, 6) is -0.0404. The summed E-state index contributed by atoms with van der Waals surface area (Å²) < 4.78 is 15.7. The fraction of sp³-hybridized carbons (Fsp3) is 0.348. The Morgan fingerprint density at radius 2 is 1.50 bits per heavy atom. The highest BCUT2D eigenvalue weighted by molar-refractivity contribution is 6.00. The number of nitrogens with one attached hydrogen (secondary N) is 3. The van der Waals surface area contributed by atoms with E-state index in [1.807, 2.05) is 0 Å². The van der Waals surface area contributed by atoms with Gasteiger partial charge in [0.05, 0.1) is 14.2 Å². The van der Waals surface area contributed by atoms with Crippen LogP contribution in [-0.2, 0) is 16.1 Å². The first-order chi connectivity index (χ1) is 15.1. The van der Waals surface area contributed by atoms with Crippen LogP contribution in [0.25, 0.3) is 0 Å². The molecule has 0 saturated carbocycles. The van der Waals surface area contributed by atoms with Crippen molar-refractivity contribution in [3.8, 4) is 11.5 Å². The van der Waals surface area contributed by atoms with Gasteiger partial charge in [0.15, 0.2) is 0 Å². The highest BCUT2D eigenvalue weighted by atomic mass is 16.6. The summed E-state index contributed by atoms with van der Waals surface area (Å²) in [4.78, 5) is 36.8. The molecule has 0 bridgehead atoms. The first kappa shape index (κ1) is 24.5. The van der Waals surface area contributed by atoms with Crippen molar-refractivity contribution in [2.45, 2.75) is 32.9 Å². The lowest BCUT2D eigenvalue weighted by Crippen LogP contribution is -2.37. The van der Waals surface area contributed by atoms with Crippen molar-refractivity contribution in [3.05, 3.63) is 53.6 Å². The summed E-state index contributed by atoms with van der Waals surface area (Å²) >= 11 is 0. The van der Waals surface area contributed by atoms with Crippen LogP contribution in [0.1, 0.15) is 36.7 Å². The second kappa shape index (κ2) is 11.0. The van der Waals surface area contributed by atoms with Crippen LogP contribution in [0, 0.1) is 0 Å². The molecular weight excluding hydrogens is 414 g/mol. The number of benzene rings is 2. The highest BCUT2D eigenvalue weighted by Crippen LogP contribution is 2.28. The molecule has 0 fully saturated rings. The SMILES string of the molecule is COc1cccc(OC)c1C(=O)NCc1ccccc1NC(=O)CNC(=O)OC(C)(C)C. The number of alkyl carbamates (subject to hydrolysis) is 1. The van der Waals surface area contributed by atoms with Crippen LogP contribution in [0.15, 0.2) is 42.5 Å². The van der Waals surface area contributed by atoms with Gasteiger partial charge in [-0.3, -0.25) is 9.59 Å². The second-order valence-corrected chi connectivity index (χ2v) is 7.78. The molecule has 3 amide bonds. The molecule has 0 aliphatic heterocycles. The number of amides is 3. The number of hydrogen-bond acceptors (Lipinski definition) is 6. The Balaban J connectivity index is 2.02. The molecule has 172 valence electrons. The van der Waals surface area contributed by atoms with Crippen molar-refractivity contribution in [1.29, 1.82) is 0 Å². The molecule has 0 unspecified atom stereocenters. The van der Waals surface area contributed by atoms with Crippen LogP contribution in [0.2, 0.25) is 0 Å². The standard InChI is InChI=1S/C23H29N3O6/c1-23(2,3)32-22(29)25-14-19(27)26-16-10-7-6-9-15(16)13-24-21(28)20-17(30-4)11-8-12-18(20)31-5/h6-12H,13-14H2,1-5H3,(H,24,28)(H,25,29)(H,26,27). The Bertz CT molecular complexity index is 946. The normalized spacial score (nSPS) is 10.7. The van der Waals surface area contributed by atoms with E-state index in [2.05, 4.69) is 16.0 Å². The molecule has 2 rings (SSSR count). The van der Waals surface area contributed by atoms with Crippen molar-refractivity contribution in [1.82, 2.24) is 10.6 Å². The number of rotatable bonds is 8. The zero-order chi connectivity index (χ0) is 23.7. The molecule has 9 nitrogen and oxygen atoms in total. The molecule has 2 aromatic rings. The van der Waals surface area contributed by atoms with Crippen LogP contribution in [0.5, 0.6) is 11.5 Å². The molecule has 2 aromatic carbocycles. The van der Waals surface area contributed by atoms with Gasteiger partial charge in [0.2, 0.25) is 5.91 Å². The summed E-state index contributed by atoms with van der Waals surface area (Å²) in [6.45, 7) is 5.09. The first-order valence-electron chi connectivity index (χ1n) is 9.98. The van der Waals surface area contributed by atoms with Crippen molar-refractivity contribution >= 4 is 23.6 Å². The molecule has 0 atom stereocenters. The van der Waals surface area contributed by atoms with Gasteiger partial charge in [-0.05, 0) is 44.5 Å². The number of hydrogen-bond donors (Lipinski definition) is 3. The number of carbonyl (C=O) groups is 3. The van der Waals surface area contributed by atoms with Gasteiger partial charge in [-0.25, -0.2) is 4.79 Å². The molecule has 0 heterocycles. The molecule has 3 N–H and O–H groups in total. The molecule has 0 aromatic heterocycles. The van der Waals surface area contributed by atoms with Gasteiger partial charge in [0.1, 0.15) is 29.2 Å². The van der Waals surface area contributed by atoms with Crippen LogP contribution >= 0.6 is 0 Å². The first-order valence-corrected chi connectivity index (χ1v) is 9.98. The molecule has 9 heteroatoms. The maximum absolute atomic E-state index is 12.8. The minimum absolute atomic E-state index is 0.149. The summed E-state index contributed by atoms with van der Waals surface area (Å²) in [7, 11) is 2.95. The van der Waals surface area contributed by atoms with E-state index in [9.17, 15) is 14.4 Å². The maximum Gasteiger partial charge on any atom is 0.408 e. The van der Waals surface area contributed by atoms with Gasteiger partial charge < -0.3 is 30.2 Å². The van der Waals surface area contributed by atoms with Gasteiger partial charge >= 0.3 is 6.09 Å². The van der Waals surface area contributed by atoms with Crippen LogP contribution < -0.4 is 25.4 Å². The summed E-state index contributed by atoms with van der Waals surface area (Å²) in [6, 6.07) is 12.1. The monoisotopic (exact) mass is 443 g/mol. The maximum atomic E-state index is 12.8. The van der Waals surface area contributed by atoms with Gasteiger partial charge in [-0.1, -0.05) is 24.3 Å². The van der Waals surface area contributed by atoms with E-state index in [0.717, 1.165) is 0 Å². The Morgan fingerprint density at radius 3 is 2.09 bits per heavy atom. The lowest BCUT2D eigenvalue weighted by atomic mass is 10.1. The van der Waals surface area contributed by atoms with E-state index < -0.39 is 17.6 Å². The van der Waals surface area contributed by atoms with Crippen molar-refractivity contribution in [2.75, 3.05) is 26.1 Å². The van der Waals surface area contributed by atoms with Crippen LogP contribution in [-0.4, -0.2) is 44.3 Å². The average molecular weight is 444 g/mol.